The number of halogens is 1. The molecule has 0 bridgehead atoms. The molecule has 46 valence electrons. The monoisotopic (exact) mass is 177 g/mol. The number of ketones is 1. The molecule has 0 aromatic rings. The summed E-state index contributed by atoms with van der Waals surface area (Å²) < 4.78 is 0. The van der Waals surface area contributed by atoms with Gasteiger partial charge in [-0.3, -0.25) is 4.79 Å². The van der Waals surface area contributed by atoms with E-state index in [1.807, 2.05) is 0 Å². The lowest BCUT2D eigenvalue weighted by Crippen LogP contribution is -2.22. The Hall–Kier alpha value is 0.110. The van der Waals surface area contributed by atoms with Crippen LogP contribution in [0.4, 0.5) is 0 Å². The molecule has 8 heavy (non-hydrogen) atoms. The molecule has 0 amide bonds. The van der Waals surface area contributed by atoms with Crippen LogP contribution in [-0.4, -0.2) is 23.7 Å². The van der Waals surface area contributed by atoms with E-state index in [-0.39, 0.29) is 0 Å². The fraction of sp³-hybridized carbons (Fsp3) is 0.800. The van der Waals surface area contributed by atoms with Gasteiger partial charge in [0.1, 0.15) is 5.78 Å². The molecule has 0 aromatic carbocycles. The second kappa shape index (κ2) is 2.60. The molecule has 2 nitrogen and oxygen atoms in total. The highest BCUT2D eigenvalue weighted by molar-refractivity contribution is 9.09. The van der Waals surface area contributed by atoms with Crippen LogP contribution in [0.15, 0.2) is 0 Å². The molecule has 0 saturated carbocycles. The second-order valence-electron chi connectivity index (χ2n) is 1.97. The van der Waals surface area contributed by atoms with Crippen molar-refractivity contribution in [3.05, 3.63) is 0 Å². The molecular formula is C5H8BrNO. The van der Waals surface area contributed by atoms with Gasteiger partial charge in [0.2, 0.25) is 0 Å². The first-order chi connectivity index (χ1) is 3.83. The molecule has 1 fully saturated rings. The number of hydrogen-bond donors (Lipinski definition) is 1. The van der Waals surface area contributed by atoms with Crippen molar-refractivity contribution in [2.24, 2.45) is 0 Å². The van der Waals surface area contributed by atoms with E-state index in [9.17, 15) is 4.79 Å². The molecular weight excluding hydrogens is 170 g/mol. The second-order valence-corrected chi connectivity index (χ2v) is 2.62. The van der Waals surface area contributed by atoms with Crippen molar-refractivity contribution in [2.75, 3.05) is 11.9 Å². The fourth-order valence-electron chi connectivity index (χ4n) is 0.786. The van der Waals surface area contributed by atoms with Crippen molar-refractivity contribution < 1.29 is 4.79 Å². The van der Waals surface area contributed by atoms with Gasteiger partial charge in [-0.1, -0.05) is 15.9 Å². The Bertz CT molecular complexity index is 105. The summed E-state index contributed by atoms with van der Waals surface area (Å²) in [6.45, 7) is 0.566. The number of hydrogen-bond acceptors (Lipinski definition) is 2. The van der Waals surface area contributed by atoms with E-state index in [1.165, 1.54) is 0 Å². The first-order valence-corrected chi connectivity index (χ1v) is 3.76. The number of rotatable bonds is 1. The third kappa shape index (κ3) is 1.29. The summed E-state index contributed by atoms with van der Waals surface area (Å²) in [4.78, 5) is 10.5. The first kappa shape index (κ1) is 6.23. The Balaban J connectivity index is 2.32. The minimum absolute atomic E-state index is 0.328. The van der Waals surface area contributed by atoms with Crippen LogP contribution in [0.25, 0.3) is 0 Å². The Kier molecular flexibility index (Phi) is 2.02. The van der Waals surface area contributed by atoms with Gasteiger partial charge < -0.3 is 5.32 Å². The lowest BCUT2D eigenvalue weighted by Gasteiger charge is -1.99. The summed E-state index contributed by atoms with van der Waals surface area (Å²) in [5.41, 5.74) is 0. The zero-order chi connectivity index (χ0) is 5.98. The van der Waals surface area contributed by atoms with E-state index in [0.29, 0.717) is 24.8 Å². The average Bonchev–Trinajstić information content (AvgIpc) is 2.14. The molecule has 0 radical (unpaired) electrons. The third-order valence-corrected chi connectivity index (χ3v) is 2.03. The maximum atomic E-state index is 10.5. The summed E-state index contributed by atoms with van der Waals surface area (Å²) in [7, 11) is 0. The van der Waals surface area contributed by atoms with Gasteiger partial charge in [-0.25, -0.2) is 0 Å². The maximum absolute atomic E-state index is 10.5. The van der Waals surface area contributed by atoms with Crippen molar-refractivity contribution in [1.82, 2.24) is 5.32 Å². The zero-order valence-corrected chi connectivity index (χ0v) is 6.07. The Labute approximate surface area is 56.8 Å². The molecule has 1 aliphatic heterocycles. The molecule has 1 N–H and O–H groups in total. The number of Topliss-reactive ketones (excluding diaryl/α,β-unsaturated/α-hetero) is 1. The molecule has 0 aliphatic carbocycles. The third-order valence-electron chi connectivity index (χ3n) is 1.25. The summed E-state index contributed by atoms with van der Waals surface area (Å²) in [5.74, 6) is 0.328. The number of carbonyl (C=O) groups excluding carboxylic acids is 1. The van der Waals surface area contributed by atoms with Gasteiger partial charge in [-0.15, -0.1) is 0 Å². The van der Waals surface area contributed by atoms with Crippen LogP contribution in [-0.2, 0) is 4.79 Å². The SMILES string of the molecule is O=C1CN[C@H](CBr)C1. The molecule has 1 rings (SSSR count). The van der Waals surface area contributed by atoms with Gasteiger partial charge in [-0.2, -0.15) is 0 Å². The van der Waals surface area contributed by atoms with Crippen LogP contribution in [0.2, 0.25) is 0 Å². The van der Waals surface area contributed by atoms with Gasteiger partial charge >= 0.3 is 0 Å². The maximum Gasteiger partial charge on any atom is 0.148 e. The number of alkyl halides is 1. The Morgan fingerprint density at radius 2 is 2.62 bits per heavy atom. The van der Waals surface area contributed by atoms with E-state index < -0.39 is 0 Å². The highest BCUT2D eigenvalue weighted by Crippen LogP contribution is 2.03. The van der Waals surface area contributed by atoms with Gasteiger partial charge in [0.05, 0.1) is 6.54 Å². The van der Waals surface area contributed by atoms with Crippen LogP contribution in [0.5, 0.6) is 0 Å². The van der Waals surface area contributed by atoms with Crippen LogP contribution in [0.1, 0.15) is 6.42 Å². The van der Waals surface area contributed by atoms with Gasteiger partial charge in [-0.05, 0) is 0 Å². The lowest BCUT2D eigenvalue weighted by molar-refractivity contribution is -0.116. The minimum atomic E-state index is 0.328. The van der Waals surface area contributed by atoms with Crippen LogP contribution in [0.3, 0.4) is 0 Å². The molecule has 0 spiro atoms. The average molecular weight is 178 g/mol. The normalized spacial score (nSPS) is 29.1. The quantitative estimate of drug-likeness (QED) is 0.585. The van der Waals surface area contributed by atoms with Crippen LogP contribution < -0.4 is 5.32 Å². The predicted octanol–water partition coefficient (Wildman–Crippen LogP) is 0.312. The van der Waals surface area contributed by atoms with Crippen molar-refractivity contribution in [1.29, 1.82) is 0 Å². The number of carbonyl (C=O) groups is 1. The van der Waals surface area contributed by atoms with E-state index >= 15 is 0 Å². The summed E-state index contributed by atoms with van der Waals surface area (Å²) in [6.07, 6.45) is 0.700. The topological polar surface area (TPSA) is 29.1 Å². The highest BCUT2D eigenvalue weighted by Gasteiger charge is 2.18. The Morgan fingerprint density at radius 1 is 1.88 bits per heavy atom. The molecule has 1 aliphatic rings. The molecule has 1 atom stereocenters. The summed E-state index contributed by atoms with van der Waals surface area (Å²) >= 11 is 3.29. The largest absolute Gasteiger partial charge is 0.306 e. The first-order valence-electron chi connectivity index (χ1n) is 2.64. The van der Waals surface area contributed by atoms with E-state index in [1.54, 1.807) is 0 Å². The molecule has 1 saturated heterocycles. The van der Waals surface area contributed by atoms with Gasteiger partial charge in [0.25, 0.3) is 0 Å². The fourth-order valence-corrected chi connectivity index (χ4v) is 1.24. The van der Waals surface area contributed by atoms with Gasteiger partial charge in [0.15, 0.2) is 0 Å². The van der Waals surface area contributed by atoms with Crippen molar-refractivity contribution >= 4 is 21.7 Å². The van der Waals surface area contributed by atoms with Crippen molar-refractivity contribution in [2.45, 2.75) is 12.5 Å². The smallest absolute Gasteiger partial charge is 0.148 e. The van der Waals surface area contributed by atoms with E-state index in [0.717, 1.165) is 5.33 Å². The standard InChI is InChI=1S/C5H8BrNO/c6-2-4-1-5(8)3-7-4/h4,7H,1-3H2/t4-/m0/s1. The molecule has 3 heteroatoms. The number of nitrogens with one attached hydrogen (secondary N) is 1. The molecule has 0 aromatic heterocycles. The zero-order valence-electron chi connectivity index (χ0n) is 4.48. The highest BCUT2D eigenvalue weighted by atomic mass is 79.9. The van der Waals surface area contributed by atoms with Crippen molar-refractivity contribution in [3.63, 3.8) is 0 Å². The minimum Gasteiger partial charge on any atom is -0.306 e. The van der Waals surface area contributed by atoms with Crippen molar-refractivity contribution in [3.8, 4) is 0 Å². The predicted molar refractivity (Wildman–Crippen MR) is 35.2 cm³/mol. The van der Waals surface area contributed by atoms with E-state index in [4.69, 9.17) is 0 Å². The molecule has 0 unspecified atom stereocenters. The molecule has 1 heterocycles. The summed E-state index contributed by atoms with van der Waals surface area (Å²) in [6, 6.07) is 0.391. The lowest BCUT2D eigenvalue weighted by atomic mass is 10.2. The van der Waals surface area contributed by atoms with E-state index in [2.05, 4.69) is 21.2 Å². The Morgan fingerprint density at radius 3 is 2.88 bits per heavy atom. The van der Waals surface area contributed by atoms with Crippen LogP contribution >= 0.6 is 15.9 Å². The van der Waals surface area contributed by atoms with Gasteiger partial charge in [0, 0.05) is 17.8 Å². The summed E-state index contributed by atoms with van der Waals surface area (Å²) in [5, 5.41) is 3.95. The van der Waals surface area contributed by atoms with Crippen LogP contribution in [0, 0.1) is 0 Å².